The van der Waals surface area contributed by atoms with E-state index < -0.39 is 11.7 Å². The van der Waals surface area contributed by atoms with E-state index in [1.54, 1.807) is 46.1 Å². The molecule has 3 heterocycles. The first-order chi connectivity index (χ1) is 13.9. The fourth-order valence-corrected chi connectivity index (χ4v) is 4.97. The third-order valence-electron chi connectivity index (χ3n) is 6.24. The quantitative estimate of drug-likeness (QED) is 0.653. The lowest BCUT2D eigenvalue weighted by Gasteiger charge is -2.21. The van der Waals surface area contributed by atoms with Crippen LogP contribution in [-0.2, 0) is 6.18 Å². The van der Waals surface area contributed by atoms with Crippen molar-refractivity contribution in [2.75, 3.05) is 13.1 Å². The number of nitrogens with zero attached hydrogens (tertiary/aromatic N) is 4. The number of rotatable bonds is 2. The third-order valence-corrected chi connectivity index (χ3v) is 6.24. The molecular formula is C21H19F3N4O. The topological polar surface area (TPSA) is 50.5 Å². The van der Waals surface area contributed by atoms with E-state index in [9.17, 15) is 18.0 Å². The maximum absolute atomic E-state index is 13.4. The molecule has 1 unspecified atom stereocenters. The molecule has 1 saturated carbocycles. The number of aromatic nitrogens is 3. The Morgan fingerprint density at radius 2 is 1.76 bits per heavy atom. The largest absolute Gasteiger partial charge is 0.416 e. The molecule has 2 aliphatic rings. The average Bonchev–Trinajstić information content (AvgIpc) is 3.39. The van der Waals surface area contributed by atoms with Gasteiger partial charge < -0.3 is 4.90 Å². The molecule has 0 N–H and O–H groups in total. The summed E-state index contributed by atoms with van der Waals surface area (Å²) < 4.78 is 41.8. The summed E-state index contributed by atoms with van der Waals surface area (Å²) in [6, 6.07) is 7.61. The van der Waals surface area contributed by atoms with Crippen molar-refractivity contribution < 1.29 is 18.0 Å². The van der Waals surface area contributed by atoms with Gasteiger partial charge in [-0.15, -0.1) is 0 Å². The van der Waals surface area contributed by atoms with Crippen molar-refractivity contribution in [3.8, 4) is 0 Å². The van der Waals surface area contributed by atoms with Gasteiger partial charge in [0.2, 0.25) is 5.82 Å². The number of fused-ring (bicyclic) bond motifs is 2. The molecule has 1 saturated heterocycles. The first-order valence-corrected chi connectivity index (χ1v) is 9.65. The van der Waals surface area contributed by atoms with Crippen LogP contribution in [-0.4, -0.2) is 38.3 Å². The van der Waals surface area contributed by atoms with Crippen LogP contribution in [0.15, 0.2) is 48.9 Å². The Balaban J connectivity index is 1.33. The summed E-state index contributed by atoms with van der Waals surface area (Å²) in [7, 11) is 0. The normalized spacial score (nSPS) is 24.2. The number of imidazole rings is 1. The molecule has 29 heavy (non-hydrogen) atoms. The fraction of sp³-hybridized carbons (Fsp3) is 0.381. The molecule has 1 aliphatic heterocycles. The van der Waals surface area contributed by atoms with Gasteiger partial charge in [-0.05, 0) is 48.3 Å². The second-order valence-electron chi connectivity index (χ2n) is 7.91. The van der Waals surface area contributed by atoms with Crippen LogP contribution in [0, 0.1) is 11.8 Å². The van der Waals surface area contributed by atoms with Crippen molar-refractivity contribution in [2.24, 2.45) is 11.8 Å². The number of alkyl halides is 3. The van der Waals surface area contributed by atoms with Gasteiger partial charge in [0.15, 0.2) is 5.65 Å². The van der Waals surface area contributed by atoms with Crippen LogP contribution in [0.5, 0.6) is 0 Å². The number of carbonyl (C=O) groups excluding carboxylic acids is 1. The van der Waals surface area contributed by atoms with Crippen LogP contribution in [0.25, 0.3) is 5.65 Å². The molecule has 5 rings (SSSR count). The van der Waals surface area contributed by atoms with E-state index in [4.69, 9.17) is 0 Å². The van der Waals surface area contributed by atoms with E-state index in [0.717, 1.165) is 6.07 Å². The van der Waals surface area contributed by atoms with Gasteiger partial charge in [0.25, 0.3) is 5.91 Å². The molecule has 1 aliphatic carbocycles. The van der Waals surface area contributed by atoms with Crippen LogP contribution in [0.2, 0.25) is 0 Å². The highest BCUT2D eigenvalue weighted by Gasteiger charge is 2.45. The molecule has 0 radical (unpaired) electrons. The molecule has 1 aromatic carbocycles. The number of benzene rings is 1. The Morgan fingerprint density at radius 3 is 2.48 bits per heavy atom. The number of hydrogen-bond donors (Lipinski definition) is 0. The molecule has 2 fully saturated rings. The molecular weight excluding hydrogens is 381 g/mol. The zero-order valence-electron chi connectivity index (χ0n) is 15.5. The van der Waals surface area contributed by atoms with Crippen molar-refractivity contribution in [1.82, 2.24) is 19.3 Å². The molecule has 0 spiro atoms. The minimum Gasteiger partial charge on any atom is -0.335 e. The summed E-state index contributed by atoms with van der Waals surface area (Å²) in [6.07, 6.45) is 1.96. The molecule has 3 atom stereocenters. The van der Waals surface area contributed by atoms with Gasteiger partial charge in [0.1, 0.15) is 0 Å². The van der Waals surface area contributed by atoms with Crippen LogP contribution in [0.4, 0.5) is 13.2 Å². The Labute approximate surface area is 165 Å². The van der Waals surface area contributed by atoms with E-state index in [0.29, 0.717) is 43.0 Å². The standard InChI is InChI=1S/C21H19F3N4O/c22-21(23,24)17-5-2-1-4-16(17)13-8-14-11-27(12-15(14)9-13)20(29)19-26-10-18-25-6-3-7-28(18)19/h1-7,10,13-15H,8-9,11-12H2/t13?,14-,15+. The number of carbonyl (C=O) groups is 1. The predicted molar refractivity (Wildman–Crippen MR) is 99.3 cm³/mol. The highest BCUT2D eigenvalue weighted by atomic mass is 19.4. The summed E-state index contributed by atoms with van der Waals surface area (Å²) in [6.45, 7) is 1.12. The average molecular weight is 400 g/mol. The van der Waals surface area contributed by atoms with Crippen molar-refractivity contribution in [1.29, 1.82) is 0 Å². The van der Waals surface area contributed by atoms with Crippen molar-refractivity contribution in [2.45, 2.75) is 24.9 Å². The smallest absolute Gasteiger partial charge is 0.335 e. The van der Waals surface area contributed by atoms with E-state index in [-0.39, 0.29) is 23.7 Å². The lowest BCUT2D eigenvalue weighted by molar-refractivity contribution is -0.138. The van der Waals surface area contributed by atoms with Gasteiger partial charge >= 0.3 is 6.18 Å². The van der Waals surface area contributed by atoms with Gasteiger partial charge in [0, 0.05) is 25.5 Å². The van der Waals surface area contributed by atoms with E-state index in [2.05, 4.69) is 9.97 Å². The van der Waals surface area contributed by atoms with Gasteiger partial charge in [-0.25, -0.2) is 9.97 Å². The minimum absolute atomic E-state index is 0.114. The van der Waals surface area contributed by atoms with Crippen LogP contribution < -0.4 is 0 Å². The van der Waals surface area contributed by atoms with Gasteiger partial charge in [0.05, 0.1) is 11.8 Å². The second-order valence-corrected chi connectivity index (χ2v) is 7.91. The van der Waals surface area contributed by atoms with E-state index in [1.807, 2.05) is 0 Å². The van der Waals surface area contributed by atoms with E-state index in [1.165, 1.54) is 6.07 Å². The van der Waals surface area contributed by atoms with Gasteiger partial charge in [-0.2, -0.15) is 13.2 Å². The highest BCUT2D eigenvalue weighted by molar-refractivity contribution is 5.91. The van der Waals surface area contributed by atoms with Gasteiger partial charge in [-0.3, -0.25) is 9.20 Å². The van der Waals surface area contributed by atoms with Crippen molar-refractivity contribution >= 4 is 11.6 Å². The monoisotopic (exact) mass is 400 g/mol. The zero-order valence-corrected chi connectivity index (χ0v) is 15.5. The molecule has 3 aromatic rings. The maximum atomic E-state index is 13.4. The molecule has 1 amide bonds. The lowest BCUT2D eigenvalue weighted by Crippen LogP contribution is -2.31. The number of likely N-dealkylation sites (tertiary alicyclic amines) is 1. The van der Waals surface area contributed by atoms with E-state index >= 15 is 0 Å². The molecule has 2 aromatic heterocycles. The van der Waals surface area contributed by atoms with Crippen LogP contribution >= 0.6 is 0 Å². The summed E-state index contributed by atoms with van der Waals surface area (Å²) in [5, 5.41) is 0. The summed E-state index contributed by atoms with van der Waals surface area (Å²) in [5.41, 5.74) is 0.464. The van der Waals surface area contributed by atoms with Crippen molar-refractivity contribution in [3.63, 3.8) is 0 Å². The maximum Gasteiger partial charge on any atom is 0.416 e. The lowest BCUT2D eigenvalue weighted by atomic mass is 9.91. The highest BCUT2D eigenvalue weighted by Crippen LogP contribution is 2.48. The Kier molecular flexibility index (Phi) is 4.11. The first-order valence-electron chi connectivity index (χ1n) is 9.65. The molecule has 8 heteroatoms. The summed E-state index contributed by atoms with van der Waals surface area (Å²) in [4.78, 5) is 23.1. The summed E-state index contributed by atoms with van der Waals surface area (Å²) >= 11 is 0. The van der Waals surface area contributed by atoms with Crippen LogP contribution in [0.1, 0.15) is 40.5 Å². The Hall–Kier alpha value is -2.90. The Bertz CT molecular complexity index is 1060. The molecule has 150 valence electrons. The molecule has 0 bridgehead atoms. The summed E-state index contributed by atoms with van der Waals surface area (Å²) in [5.74, 6) is 0.493. The first kappa shape index (κ1) is 18.1. The number of halogens is 3. The minimum atomic E-state index is -4.34. The predicted octanol–water partition coefficient (Wildman–Crippen LogP) is 4.01. The zero-order chi connectivity index (χ0) is 20.2. The number of hydrogen-bond acceptors (Lipinski definition) is 3. The second kappa shape index (κ2) is 6.57. The van der Waals surface area contributed by atoms with Crippen molar-refractivity contribution in [3.05, 3.63) is 65.9 Å². The Morgan fingerprint density at radius 1 is 1.03 bits per heavy atom. The van der Waals surface area contributed by atoms with Crippen LogP contribution in [0.3, 0.4) is 0 Å². The third kappa shape index (κ3) is 3.07. The SMILES string of the molecule is O=C(c1ncc2ncccn12)N1C[C@H]2CC(c3ccccc3C(F)(F)F)C[C@H]2C1. The molecule has 5 nitrogen and oxygen atoms in total. The fourth-order valence-electron chi connectivity index (χ4n) is 4.97. The van der Waals surface area contributed by atoms with Gasteiger partial charge in [-0.1, -0.05) is 18.2 Å². The number of amides is 1.